The number of halogens is 5. The molecule has 0 radical (unpaired) electrons. The standard InChI is InChI=1S/C31H24ClF4N5O2S/c32-23-14-10-21(11-15-23)28-25(20-6-2-1-3-7-20)18-19-41(39-28)30(38-29(37)26-8-4-5-9-27(26)33)40-44(42,43)24-16-12-22(13-17-24)31(34,35)36/h1-17,25H,18-19H2,(H2,37,38,40). The first-order valence-electron chi connectivity index (χ1n) is 13.2. The minimum Gasteiger partial charge on any atom is -0.383 e. The molecule has 44 heavy (non-hydrogen) atoms. The molecule has 1 heterocycles. The van der Waals surface area contributed by atoms with Crippen molar-refractivity contribution < 1.29 is 26.0 Å². The van der Waals surface area contributed by atoms with E-state index in [0.29, 0.717) is 34.9 Å². The van der Waals surface area contributed by atoms with Gasteiger partial charge in [0.05, 0.1) is 21.7 Å². The maximum atomic E-state index is 14.6. The fourth-order valence-corrected chi connectivity index (χ4v) is 5.67. The van der Waals surface area contributed by atoms with Gasteiger partial charge in [0.2, 0.25) is 0 Å². The number of nitrogens with zero attached hydrogens (tertiary/aromatic N) is 4. The van der Waals surface area contributed by atoms with Crippen molar-refractivity contribution >= 4 is 39.1 Å². The summed E-state index contributed by atoms with van der Waals surface area (Å²) >= 11 is 6.12. The molecule has 5 rings (SSSR count). The summed E-state index contributed by atoms with van der Waals surface area (Å²) in [5, 5.41) is 6.48. The van der Waals surface area contributed by atoms with E-state index < -0.39 is 38.4 Å². The molecular formula is C31H24ClF4N5O2S. The number of hydrogen-bond acceptors (Lipinski definition) is 3. The second kappa shape index (κ2) is 12.6. The monoisotopic (exact) mass is 641 g/mol. The largest absolute Gasteiger partial charge is 0.416 e. The van der Waals surface area contributed by atoms with Crippen LogP contribution in [0.25, 0.3) is 0 Å². The predicted octanol–water partition coefficient (Wildman–Crippen LogP) is 6.84. The third-order valence-electron chi connectivity index (χ3n) is 6.81. The maximum Gasteiger partial charge on any atom is 0.416 e. The van der Waals surface area contributed by atoms with Crippen LogP contribution < -0.4 is 5.73 Å². The van der Waals surface area contributed by atoms with Crippen LogP contribution >= 0.6 is 11.6 Å². The minimum atomic E-state index is -4.66. The van der Waals surface area contributed by atoms with Gasteiger partial charge in [-0.25, -0.2) is 9.40 Å². The van der Waals surface area contributed by atoms with Crippen molar-refractivity contribution in [3.63, 3.8) is 0 Å². The number of sulfonamides is 1. The first-order chi connectivity index (χ1) is 20.9. The van der Waals surface area contributed by atoms with Crippen LogP contribution in [0, 0.1) is 5.82 Å². The number of guanidine groups is 1. The summed E-state index contributed by atoms with van der Waals surface area (Å²) in [6.45, 7) is 0.131. The SMILES string of the molecule is NC(=NC(=NS(=O)(=O)c1ccc(C(F)(F)F)cc1)N1CCC(c2ccccc2)C(c2ccc(Cl)cc2)=N1)c1ccccc1F. The van der Waals surface area contributed by atoms with Crippen molar-refractivity contribution in [1.29, 1.82) is 0 Å². The van der Waals surface area contributed by atoms with Gasteiger partial charge in [-0.3, -0.25) is 0 Å². The average molecular weight is 642 g/mol. The van der Waals surface area contributed by atoms with Crippen LogP contribution in [0.4, 0.5) is 17.6 Å². The molecule has 13 heteroatoms. The second-order valence-electron chi connectivity index (χ2n) is 9.73. The van der Waals surface area contributed by atoms with Crippen LogP contribution in [0.1, 0.15) is 34.6 Å². The molecule has 0 aromatic heterocycles. The van der Waals surface area contributed by atoms with Crippen LogP contribution in [0.15, 0.2) is 123 Å². The Labute approximate surface area is 256 Å². The van der Waals surface area contributed by atoms with Gasteiger partial charge >= 0.3 is 6.18 Å². The molecule has 1 atom stereocenters. The Kier molecular flexibility index (Phi) is 8.84. The third-order valence-corrected chi connectivity index (χ3v) is 8.34. The summed E-state index contributed by atoms with van der Waals surface area (Å²) < 4.78 is 84.4. The van der Waals surface area contributed by atoms with E-state index in [-0.39, 0.29) is 23.9 Å². The number of amidine groups is 1. The topological polar surface area (TPSA) is 100 Å². The van der Waals surface area contributed by atoms with E-state index in [1.807, 2.05) is 30.3 Å². The van der Waals surface area contributed by atoms with E-state index in [2.05, 4.69) is 9.39 Å². The van der Waals surface area contributed by atoms with Crippen LogP contribution in [-0.2, 0) is 16.2 Å². The molecule has 0 bridgehead atoms. The zero-order valence-corrected chi connectivity index (χ0v) is 24.4. The molecule has 1 aliphatic rings. The quantitative estimate of drug-likeness (QED) is 0.146. The Morgan fingerprint density at radius 1 is 0.909 bits per heavy atom. The first kappa shape index (κ1) is 30.9. The van der Waals surface area contributed by atoms with Gasteiger partial charge < -0.3 is 5.73 Å². The normalized spacial score (nSPS) is 16.5. The Morgan fingerprint density at radius 3 is 2.18 bits per heavy atom. The summed E-state index contributed by atoms with van der Waals surface area (Å²) in [7, 11) is -4.63. The van der Waals surface area contributed by atoms with Gasteiger partial charge in [-0.2, -0.15) is 31.7 Å². The Balaban J connectivity index is 1.65. The lowest BCUT2D eigenvalue weighted by Crippen LogP contribution is -2.36. The molecule has 4 aromatic carbocycles. The van der Waals surface area contributed by atoms with Crippen molar-refractivity contribution in [2.24, 2.45) is 20.2 Å². The average Bonchev–Trinajstić information content (AvgIpc) is 3.01. The molecule has 1 aliphatic heterocycles. The molecule has 7 nitrogen and oxygen atoms in total. The van der Waals surface area contributed by atoms with E-state index in [1.54, 1.807) is 24.3 Å². The number of rotatable bonds is 5. The Hall–Kier alpha value is -4.55. The van der Waals surface area contributed by atoms with Crippen molar-refractivity contribution in [2.75, 3.05) is 6.54 Å². The predicted molar refractivity (Wildman–Crippen MR) is 162 cm³/mol. The van der Waals surface area contributed by atoms with Crippen LogP contribution in [0.5, 0.6) is 0 Å². The van der Waals surface area contributed by atoms with E-state index in [1.165, 1.54) is 23.2 Å². The van der Waals surface area contributed by atoms with Crippen LogP contribution in [0.3, 0.4) is 0 Å². The molecule has 1 unspecified atom stereocenters. The molecule has 0 saturated heterocycles. The lowest BCUT2D eigenvalue weighted by molar-refractivity contribution is -0.137. The molecule has 0 spiro atoms. The lowest BCUT2D eigenvalue weighted by atomic mass is 9.86. The number of hydrogen-bond donors (Lipinski definition) is 1. The molecule has 0 aliphatic carbocycles. The fourth-order valence-electron chi connectivity index (χ4n) is 4.61. The van der Waals surface area contributed by atoms with E-state index in [0.717, 1.165) is 23.8 Å². The smallest absolute Gasteiger partial charge is 0.383 e. The Morgan fingerprint density at radius 2 is 1.55 bits per heavy atom. The summed E-state index contributed by atoms with van der Waals surface area (Å²) in [4.78, 5) is 3.67. The molecular weight excluding hydrogens is 618 g/mol. The molecule has 226 valence electrons. The molecule has 4 aromatic rings. The highest BCUT2D eigenvalue weighted by atomic mass is 35.5. The summed E-state index contributed by atoms with van der Waals surface area (Å²) in [5.41, 5.74) is 7.22. The lowest BCUT2D eigenvalue weighted by Gasteiger charge is -2.30. The van der Waals surface area contributed by atoms with Gasteiger partial charge in [0.25, 0.3) is 16.0 Å². The van der Waals surface area contributed by atoms with Gasteiger partial charge in [-0.15, -0.1) is 4.40 Å². The molecule has 0 amide bonds. The van der Waals surface area contributed by atoms with Crippen molar-refractivity contribution in [2.45, 2.75) is 23.4 Å². The minimum absolute atomic E-state index is 0.104. The number of hydrazone groups is 1. The second-order valence-corrected chi connectivity index (χ2v) is 11.8. The highest BCUT2D eigenvalue weighted by molar-refractivity contribution is 7.90. The maximum absolute atomic E-state index is 14.6. The highest BCUT2D eigenvalue weighted by Crippen LogP contribution is 2.32. The van der Waals surface area contributed by atoms with Crippen molar-refractivity contribution in [3.05, 3.63) is 136 Å². The van der Waals surface area contributed by atoms with Crippen LogP contribution in [-0.4, -0.2) is 37.5 Å². The fraction of sp³-hybridized carbons (Fsp3) is 0.129. The van der Waals surface area contributed by atoms with E-state index in [9.17, 15) is 26.0 Å². The molecule has 0 fully saturated rings. The van der Waals surface area contributed by atoms with E-state index in [4.69, 9.17) is 22.4 Å². The van der Waals surface area contributed by atoms with Gasteiger partial charge in [-0.1, -0.05) is 66.2 Å². The number of aliphatic imine (C=N–C) groups is 1. The van der Waals surface area contributed by atoms with Crippen molar-refractivity contribution in [3.8, 4) is 0 Å². The highest BCUT2D eigenvalue weighted by Gasteiger charge is 2.32. The number of nitrogens with two attached hydrogens (primary N) is 1. The van der Waals surface area contributed by atoms with Gasteiger partial charge in [-0.05, 0) is 66.1 Å². The van der Waals surface area contributed by atoms with Gasteiger partial charge in [0.1, 0.15) is 11.7 Å². The summed E-state index contributed by atoms with van der Waals surface area (Å²) in [6, 6.07) is 24.9. The zero-order valence-electron chi connectivity index (χ0n) is 22.8. The molecule has 0 saturated carbocycles. The Bertz CT molecular complexity index is 1840. The van der Waals surface area contributed by atoms with Crippen LogP contribution in [0.2, 0.25) is 5.02 Å². The third kappa shape index (κ3) is 6.98. The molecule has 2 N–H and O–H groups in total. The first-order valence-corrected chi connectivity index (χ1v) is 15.0. The van der Waals surface area contributed by atoms with E-state index >= 15 is 0 Å². The van der Waals surface area contributed by atoms with Crippen molar-refractivity contribution in [1.82, 2.24) is 5.01 Å². The number of benzene rings is 4. The van der Waals surface area contributed by atoms with Gasteiger partial charge in [0.15, 0.2) is 0 Å². The van der Waals surface area contributed by atoms with Gasteiger partial charge in [0, 0.05) is 17.5 Å². The summed E-state index contributed by atoms with van der Waals surface area (Å²) in [6.07, 6.45) is -4.22. The summed E-state index contributed by atoms with van der Waals surface area (Å²) in [5.74, 6) is -1.78. The number of alkyl halides is 3. The zero-order chi connectivity index (χ0) is 31.5.